The lowest BCUT2D eigenvalue weighted by molar-refractivity contribution is -0.127. The quantitative estimate of drug-likeness (QED) is 0.635. The van der Waals surface area contributed by atoms with E-state index in [2.05, 4.69) is 29.9 Å². The first kappa shape index (κ1) is 24.1. The molecule has 3 amide bonds. The van der Waals surface area contributed by atoms with Crippen LogP contribution in [0, 0.1) is 19.8 Å². The summed E-state index contributed by atoms with van der Waals surface area (Å²) in [7, 11) is 0. The van der Waals surface area contributed by atoms with E-state index in [1.807, 2.05) is 24.8 Å². The largest absolute Gasteiger partial charge is 0.337 e. The molecule has 0 radical (unpaired) electrons. The van der Waals surface area contributed by atoms with Crippen LogP contribution in [0.4, 0.5) is 5.13 Å². The maximum Gasteiger partial charge on any atom is 0.254 e. The number of rotatable bonds is 6. The molecule has 1 saturated carbocycles. The van der Waals surface area contributed by atoms with E-state index in [-0.39, 0.29) is 29.7 Å². The smallest absolute Gasteiger partial charge is 0.254 e. The van der Waals surface area contributed by atoms with E-state index >= 15 is 0 Å². The number of carbonyl (C=O) groups is 3. The summed E-state index contributed by atoms with van der Waals surface area (Å²) in [6.07, 6.45) is 6.46. The summed E-state index contributed by atoms with van der Waals surface area (Å²) in [4.78, 5) is 46.7. The lowest BCUT2D eigenvalue weighted by Crippen LogP contribution is -2.43. The van der Waals surface area contributed by atoms with Crippen LogP contribution in [-0.4, -0.2) is 58.2 Å². The predicted molar refractivity (Wildman–Crippen MR) is 134 cm³/mol. The molecule has 34 heavy (non-hydrogen) atoms. The Labute approximate surface area is 204 Å². The summed E-state index contributed by atoms with van der Waals surface area (Å²) in [5.41, 5.74) is 3.84. The molecule has 2 aromatic rings. The molecule has 7 nitrogen and oxygen atoms in total. The summed E-state index contributed by atoms with van der Waals surface area (Å²) in [6, 6.07) is 4.00. The Kier molecular flexibility index (Phi) is 7.16. The molecule has 1 aliphatic carbocycles. The van der Waals surface area contributed by atoms with Crippen LogP contribution >= 0.6 is 11.3 Å². The molecule has 1 aromatic carbocycles. The Morgan fingerprint density at radius 3 is 2.68 bits per heavy atom. The van der Waals surface area contributed by atoms with Gasteiger partial charge in [0.1, 0.15) is 0 Å². The Hall–Kier alpha value is -3.00. The molecule has 1 aromatic heterocycles. The number of amides is 3. The molecule has 0 unspecified atom stereocenters. The van der Waals surface area contributed by atoms with Gasteiger partial charge in [0.15, 0.2) is 5.13 Å². The molecule has 8 heteroatoms. The van der Waals surface area contributed by atoms with Crippen LogP contribution < -0.4 is 5.32 Å². The number of benzene rings is 1. The van der Waals surface area contributed by atoms with Crippen molar-refractivity contribution in [1.29, 1.82) is 0 Å². The van der Waals surface area contributed by atoms with Crippen molar-refractivity contribution in [2.75, 3.05) is 25.0 Å². The summed E-state index contributed by atoms with van der Waals surface area (Å²) < 4.78 is 0. The van der Waals surface area contributed by atoms with Gasteiger partial charge in [0, 0.05) is 54.7 Å². The second kappa shape index (κ2) is 10.1. The molecular formula is C26H32N4O3S. The molecule has 4 rings (SSSR count). The summed E-state index contributed by atoms with van der Waals surface area (Å²) >= 11 is 1.48. The van der Waals surface area contributed by atoms with Crippen LogP contribution in [-0.2, 0) is 16.0 Å². The number of anilines is 1. The maximum atomic E-state index is 13.5. The van der Waals surface area contributed by atoms with Crippen molar-refractivity contribution in [3.05, 3.63) is 58.1 Å². The molecule has 1 N–H and O–H groups in total. The zero-order valence-corrected chi connectivity index (χ0v) is 20.9. The number of hydrogen-bond acceptors (Lipinski definition) is 5. The van der Waals surface area contributed by atoms with E-state index in [4.69, 9.17) is 0 Å². The molecule has 2 fully saturated rings. The van der Waals surface area contributed by atoms with Crippen molar-refractivity contribution >= 4 is 34.2 Å². The molecule has 2 aliphatic rings. The van der Waals surface area contributed by atoms with Crippen LogP contribution in [0.15, 0.2) is 31.0 Å². The summed E-state index contributed by atoms with van der Waals surface area (Å²) in [6.45, 7) is 11.3. The first-order chi connectivity index (χ1) is 16.3. The van der Waals surface area contributed by atoms with Crippen molar-refractivity contribution in [3.8, 4) is 0 Å². The minimum Gasteiger partial charge on any atom is -0.337 e. The highest BCUT2D eigenvalue weighted by molar-refractivity contribution is 7.15. The summed E-state index contributed by atoms with van der Waals surface area (Å²) in [5, 5.41) is 3.54. The van der Waals surface area contributed by atoms with Gasteiger partial charge >= 0.3 is 0 Å². The van der Waals surface area contributed by atoms with Crippen molar-refractivity contribution in [3.63, 3.8) is 0 Å². The van der Waals surface area contributed by atoms with Crippen molar-refractivity contribution < 1.29 is 14.4 Å². The van der Waals surface area contributed by atoms with Crippen LogP contribution in [0.3, 0.4) is 0 Å². The van der Waals surface area contributed by atoms with Gasteiger partial charge in [-0.05, 0) is 68.9 Å². The van der Waals surface area contributed by atoms with Gasteiger partial charge in [0.05, 0.1) is 0 Å². The molecule has 0 bridgehead atoms. The summed E-state index contributed by atoms with van der Waals surface area (Å²) in [5.74, 6) is 0.109. The zero-order valence-electron chi connectivity index (χ0n) is 20.1. The number of carbonyl (C=O) groups excluding carboxylic acids is 3. The van der Waals surface area contributed by atoms with Gasteiger partial charge in [-0.3, -0.25) is 14.4 Å². The SMILES string of the molecule is C=CC(=O)N1CCCN(C(=O)c2cc(Cc3cnc(NC(=O)C4CC4)s3)c(C)cc2C)C[C@H]1C. The van der Waals surface area contributed by atoms with E-state index in [0.29, 0.717) is 36.8 Å². The number of nitrogens with one attached hydrogen (secondary N) is 1. The standard InChI is InChI=1S/C26H32N4O3S/c1-5-23(31)30-10-6-9-29(15-18(30)4)25(33)22-13-20(16(2)11-17(22)3)12-21-14-27-26(34-21)28-24(32)19-7-8-19/h5,11,13-14,18-19H,1,6-10,12,15H2,2-4H3,(H,27,28,32)/t18-/m1/s1. The van der Waals surface area contributed by atoms with Gasteiger partial charge in [-0.15, -0.1) is 11.3 Å². The van der Waals surface area contributed by atoms with Crippen molar-refractivity contribution in [2.24, 2.45) is 5.92 Å². The van der Waals surface area contributed by atoms with Gasteiger partial charge in [-0.2, -0.15) is 0 Å². The van der Waals surface area contributed by atoms with E-state index in [0.717, 1.165) is 40.8 Å². The van der Waals surface area contributed by atoms with E-state index < -0.39 is 0 Å². The lowest BCUT2D eigenvalue weighted by atomic mass is 9.96. The second-order valence-electron chi connectivity index (χ2n) is 9.36. The van der Waals surface area contributed by atoms with E-state index in [1.54, 1.807) is 11.1 Å². The fraction of sp³-hybridized carbons (Fsp3) is 0.462. The van der Waals surface area contributed by atoms with Gasteiger partial charge < -0.3 is 15.1 Å². The number of nitrogens with zero attached hydrogens (tertiary/aromatic N) is 3. The maximum absolute atomic E-state index is 13.5. The number of aryl methyl sites for hydroxylation is 2. The number of aromatic nitrogens is 1. The van der Waals surface area contributed by atoms with Crippen molar-refractivity contribution in [1.82, 2.24) is 14.8 Å². The van der Waals surface area contributed by atoms with Gasteiger partial charge in [-0.25, -0.2) is 4.98 Å². The number of hydrogen-bond donors (Lipinski definition) is 1. The Morgan fingerprint density at radius 1 is 1.21 bits per heavy atom. The van der Waals surface area contributed by atoms with E-state index in [9.17, 15) is 14.4 Å². The monoisotopic (exact) mass is 480 g/mol. The number of thiazole rings is 1. The Balaban J connectivity index is 1.49. The average Bonchev–Trinajstić information content (AvgIpc) is 3.60. The third-order valence-corrected chi connectivity index (χ3v) is 7.51. The first-order valence-electron chi connectivity index (χ1n) is 11.8. The normalized spacial score (nSPS) is 18.4. The highest BCUT2D eigenvalue weighted by atomic mass is 32.1. The first-order valence-corrected chi connectivity index (χ1v) is 12.7. The zero-order chi connectivity index (χ0) is 24.4. The fourth-order valence-electron chi connectivity index (χ4n) is 4.47. The van der Waals surface area contributed by atoms with Crippen LogP contribution in [0.1, 0.15) is 58.1 Å². The highest BCUT2D eigenvalue weighted by Crippen LogP contribution is 2.31. The average molecular weight is 481 g/mol. The highest BCUT2D eigenvalue weighted by Gasteiger charge is 2.30. The molecule has 1 saturated heterocycles. The molecule has 2 heterocycles. The topological polar surface area (TPSA) is 82.6 Å². The lowest BCUT2D eigenvalue weighted by Gasteiger charge is -2.28. The van der Waals surface area contributed by atoms with Crippen LogP contribution in [0.25, 0.3) is 0 Å². The van der Waals surface area contributed by atoms with Gasteiger partial charge in [0.25, 0.3) is 5.91 Å². The third kappa shape index (κ3) is 5.38. The fourth-order valence-corrected chi connectivity index (χ4v) is 5.30. The van der Waals surface area contributed by atoms with Gasteiger partial charge in [0.2, 0.25) is 11.8 Å². The Morgan fingerprint density at radius 2 is 1.97 bits per heavy atom. The minimum absolute atomic E-state index is 0.000178. The Bertz CT molecular complexity index is 1120. The van der Waals surface area contributed by atoms with E-state index in [1.165, 1.54) is 17.4 Å². The van der Waals surface area contributed by atoms with Gasteiger partial charge in [-0.1, -0.05) is 12.6 Å². The molecule has 1 atom stereocenters. The minimum atomic E-state index is -0.0900. The van der Waals surface area contributed by atoms with Crippen molar-refractivity contribution in [2.45, 2.75) is 52.5 Å². The molecule has 180 valence electrons. The van der Waals surface area contributed by atoms with Crippen LogP contribution in [0.5, 0.6) is 0 Å². The third-order valence-electron chi connectivity index (χ3n) is 6.60. The molecule has 1 aliphatic heterocycles. The molecular weight excluding hydrogens is 448 g/mol. The predicted octanol–water partition coefficient (Wildman–Crippen LogP) is 3.95. The molecule has 0 spiro atoms. The van der Waals surface area contributed by atoms with Crippen LogP contribution in [0.2, 0.25) is 0 Å². The second-order valence-corrected chi connectivity index (χ2v) is 10.5.